The van der Waals surface area contributed by atoms with Gasteiger partial charge in [0, 0.05) is 18.8 Å². The molecule has 94 valence electrons. The Labute approximate surface area is 133 Å². The Hall–Kier alpha value is -0.460. The van der Waals surface area contributed by atoms with Crippen molar-refractivity contribution in [2.75, 3.05) is 11.1 Å². The van der Waals surface area contributed by atoms with Crippen molar-refractivity contribution in [3.05, 3.63) is 49.0 Å². The molecule has 3 N–H and O–H groups in total. The summed E-state index contributed by atoms with van der Waals surface area (Å²) in [5.41, 5.74) is 9.68. The van der Waals surface area contributed by atoms with Gasteiger partial charge in [0.05, 0.1) is 11.4 Å². The van der Waals surface area contributed by atoms with Crippen molar-refractivity contribution in [3.8, 4) is 0 Å². The fourth-order valence-electron chi connectivity index (χ4n) is 1.53. The highest BCUT2D eigenvalue weighted by Crippen LogP contribution is 2.32. The molecule has 0 aliphatic rings. The second-order valence-corrected chi connectivity index (χ2v) is 6.39. The average molecular weight is 438 g/mol. The molecule has 2 aromatic carbocycles. The van der Waals surface area contributed by atoms with Gasteiger partial charge in [-0.2, -0.15) is 0 Å². The zero-order valence-electron chi connectivity index (χ0n) is 9.60. The van der Waals surface area contributed by atoms with E-state index in [0.29, 0.717) is 0 Å². The van der Waals surface area contributed by atoms with Crippen LogP contribution in [-0.4, -0.2) is 0 Å². The van der Waals surface area contributed by atoms with Crippen molar-refractivity contribution in [1.82, 2.24) is 0 Å². The Morgan fingerprint density at radius 2 is 1.94 bits per heavy atom. The molecular formula is C13H11BrClIN2. The van der Waals surface area contributed by atoms with E-state index < -0.39 is 0 Å². The van der Waals surface area contributed by atoms with Crippen molar-refractivity contribution in [3.63, 3.8) is 0 Å². The first-order valence-electron chi connectivity index (χ1n) is 5.25. The normalized spacial score (nSPS) is 10.4. The largest absolute Gasteiger partial charge is 0.398 e. The van der Waals surface area contributed by atoms with Crippen LogP contribution in [0.25, 0.3) is 0 Å². The molecule has 2 rings (SSSR count). The first kappa shape index (κ1) is 14.0. The molecule has 0 saturated heterocycles. The van der Waals surface area contributed by atoms with E-state index in [4.69, 9.17) is 17.3 Å². The number of aryl methyl sites for hydroxylation is 1. The minimum absolute atomic E-state index is 0.734. The molecule has 0 bridgehead atoms. The highest BCUT2D eigenvalue weighted by atomic mass is 127. The number of halogens is 3. The number of rotatable bonds is 2. The molecule has 0 aliphatic heterocycles. The van der Waals surface area contributed by atoms with E-state index in [1.165, 1.54) is 0 Å². The molecule has 0 aromatic heterocycles. The van der Waals surface area contributed by atoms with Gasteiger partial charge in [-0.05, 0) is 81.3 Å². The number of anilines is 3. The lowest BCUT2D eigenvalue weighted by atomic mass is 10.2. The summed E-state index contributed by atoms with van der Waals surface area (Å²) in [6, 6.07) is 9.67. The van der Waals surface area contributed by atoms with Crippen LogP contribution < -0.4 is 11.1 Å². The van der Waals surface area contributed by atoms with Crippen LogP contribution in [0.15, 0.2) is 34.8 Å². The number of benzene rings is 2. The number of nitrogens with two attached hydrogens (primary N) is 1. The Morgan fingerprint density at radius 3 is 2.61 bits per heavy atom. The van der Waals surface area contributed by atoms with Gasteiger partial charge in [-0.15, -0.1) is 0 Å². The zero-order chi connectivity index (χ0) is 13.3. The Morgan fingerprint density at radius 1 is 1.22 bits per heavy atom. The second kappa shape index (κ2) is 5.67. The minimum Gasteiger partial charge on any atom is -0.398 e. The van der Waals surface area contributed by atoms with Gasteiger partial charge in [0.15, 0.2) is 0 Å². The SMILES string of the molecule is Cc1cc(Nc2ccc(Cl)cc2I)c(Br)cc1N. The van der Waals surface area contributed by atoms with E-state index >= 15 is 0 Å². The monoisotopic (exact) mass is 436 g/mol. The van der Waals surface area contributed by atoms with Gasteiger partial charge in [-0.1, -0.05) is 11.6 Å². The molecule has 0 amide bonds. The third kappa shape index (κ3) is 3.10. The quantitative estimate of drug-likeness (QED) is 0.492. The van der Waals surface area contributed by atoms with Crippen molar-refractivity contribution in [2.45, 2.75) is 6.92 Å². The standard InChI is InChI=1S/C13H11BrClIN2/c1-7-4-13(9(14)6-11(7)17)18-12-3-2-8(15)5-10(12)16/h2-6,18H,17H2,1H3. The molecule has 0 spiro atoms. The van der Waals surface area contributed by atoms with Gasteiger partial charge in [-0.3, -0.25) is 0 Å². The maximum Gasteiger partial charge on any atom is 0.0533 e. The summed E-state index contributed by atoms with van der Waals surface area (Å²) < 4.78 is 2.01. The Balaban J connectivity index is 2.37. The lowest BCUT2D eigenvalue weighted by Crippen LogP contribution is -1.97. The van der Waals surface area contributed by atoms with Crippen LogP contribution >= 0.6 is 50.1 Å². The first-order chi connectivity index (χ1) is 8.47. The number of hydrogen-bond donors (Lipinski definition) is 2. The molecule has 0 saturated carbocycles. The van der Waals surface area contributed by atoms with Crippen LogP contribution in [0.3, 0.4) is 0 Å². The predicted molar refractivity (Wildman–Crippen MR) is 90.7 cm³/mol. The fourth-order valence-corrected chi connectivity index (χ4v) is 3.00. The molecule has 0 atom stereocenters. The molecule has 0 heterocycles. The van der Waals surface area contributed by atoms with Gasteiger partial charge in [0.1, 0.15) is 0 Å². The summed E-state index contributed by atoms with van der Waals surface area (Å²) in [7, 11) is 0. The van der Waals surface area contributed by atoms with Crippen LogP contribution in [0.2, 0.25) is 5.02 Å². The second-order valence-electron chi connectivity index (χ2n) is 3.94. The molecule has 0 radical (unpaired) electrons. The zero-order valence-corrected chi connectivity index (χ0v) is 14.1. The van der Waals surface area contributed by atoms with Crippen molar-refractivity contribution >= 4 is 67.2 Å². The van der Waals surface area contributed by atoms with Crippen LogP contribution in [0.5, 0.6) is 0 Å². The number of nitrogens with one attached hydrogen (secondary N) is 1. The molecule has 18 heavy (non-hydrogen) atoms. The van der Waals surface area contributed by atoms with E-state index in [1.54, 1.807) is 0 Å². The maximum absolute atomic E-state index is 5.94. The van der Waals surface area contributed by atoms with Crippen LogP contribution in [0.1, 0.15) is 5.56 Å². The molecule has 2 nitrogen and oxygen atoms in total. The van der Waals surface area contributed by atoms with Crippen LogP contribution in [0.4, 0.5) is 17.1 Å². The summed E-state index contributed by atoms with van der Waals surface area (Å²) in [6.45, 7) is 1.99. The van der Waals surface area contributed by atoms with Crippen molar-refractivity contribution in [2.24, 2.45) is 0 Å². The van der Waals surface area contributed by atoms with Gasteiger partial charge in [0.25, 0.3) is 0 Å². The third-order valence-corrected chi connectivity index (χ3v) is 4.34. The lowest BCUT2D eigenvalue weighted by Gasteiger charge is -2.12. The number of hydrogen-bond acceptors (Lipinski definition) is 2. The summed E-state index contributed by atoms with van der Waals surface area (Å²) >= 11 is 11.7. The molecule has 0 aliphatic carbocycles. The lowest BCUT2D eigenvalue weighted by molar-refractivity contribution is 1.43. The van der Waals surface area contributed by atoms with Crippen LogP contribution in [-0.2, 0) is 0 Å². The van der Waals surface area contributed by atoms with Crippen molar-refractivity contribution < 1.29 is 0 Å². The van der Waals surface area contributed by atoms with E-state index in [9.17, 15) is 0 Å². The van der Waals surface area contributed by atoms with E-state index in [2.05, 4.69) is 43.8 Å². The molecule has 0 fully saturated rings. The smallest absolute Gasteiger partial charge is 0.0533 e. The average Bonchev–Trinajstić information content (AvgIpc) is 2.29. The van der Waals surface area contributed by atoms with E-state index in [0.717, 1.165) is 35.7 Å². The highest BCUT2D eigenvalue weighted by Gasteiger charge is 2.06. The summed E-state index contributed by atoms with van der Waals surface area (Å²) in [4.78, 5) is 0. The third-order valence-electron chi connectivity index (χ3n) is 2.56. The maximum atomic E-state index is 5.94. The summed E-state index contributed by atoms with van der Waals surface area (Å²) in [6.07, 6.45) is 0. The van der Waals surface area contributed by atoms with E-state index in [1.807, 2.05) is 37.3 Å². The predicted octanol–water partition coefficient (Wildman–Crippen LogP) is 5.34. The summed E-state index contributed by atoms with van der Waals surface area (Å²) in [5, 5.41) is 4.10. The fraction of sp³-hybridized carbons (Fsp3) is 0.0769. The first-order valence-corrected chi connectivity index (χ1v) is 7.50. The van der Waals surface area contributed by atoms with Gasteiger partial charge < -0.3 is 11.1 Å². The van der Waals surface area contributed by atoms with E-state index in [-0.39, 0.29) is 0 Å². The summed E-state index contributed by atoms with van der Waals surface area (Å²) in [5.74, 6) is 0. The Bertz CT molecular complexity index is 602. The molecule has 5 heteroatoms. The molecular weight excluding hydrogens is 426 g/mol. The highest BCUT2D eigenvalue weighted by molar-refractivity contribution is 14.1. The van der Waals surface area contributed by atoms with Crippen LogP contribution in [0, 0.1) is 10.5 Å². The Kier molecular flexibility index (Phi) is 4.40. The minimum atomic E-state index is 0.734. The van der Waals surface area contributed by atoms with Gasteiger partial charge >= 0.3 is 0 Å². The topological polar surface area (TPSA) is 38.0 Å². The van der Waals surface area contributed by atoms with Gasteiger partial charge in [0.2, 0.25) is 0 Å². The van der Waals surface area contributed by atoms with Crippen molar-refractivity contribution in [1.29, 1.82) is 0 Å². The molecule has 0 unspecified atom stereocenters. The molecule has 2 aromatic rings. The van der Waals surface area contributed by atoms with Gasteiger partial charge in [-0.25, -0.2) is 0 Å². The number of nitrogen functional groups attached to an aromatic ring is 1.